The molecular formula is C18H15F7N4O. The maximum absolute atomic E-state index is 13.7. The number of imidazole rings is 1. The van der Waals surface area contributed by atoms with Crippen LogP contribution in [0.4, 0.5) is 36.7 Å². The molecule has 5 nitrogen and oxygen atoms in total. The maximum atomic E-state index is 13.7. The zero-order chi connectivity index (χ0) is 22.7. The number of rotatable bonds is 4. The molecule has 1 atom stereocenters. The minimum atomic E-state index is -4.81. The van der Waals surface area contributed by atoms with Crippen LogP contribution < -0.4 is 5.32 Å². The van der Waals surface area contributed by atoms with Crippen LogP contribution in [0.2, 0.25) is 0 Å². The molecule has 1 aromatic carbocycles. The molecule has 1 aliphatic carbocycles. The van der Waals surface area contributed by atoms with Crippen molar-refractivity contribution in [1.82, 2.24) is 9.55 Å². The van der Waals surface area contributed by atoms with Crippen LogP contribution in [0.15, 0.2) is 18.2 Å². The predicted molar refractivity (Wildman–Crippen MR) is 91.1 cm³/mol. The van der Waals surface area contributed by atoms with Gasteiger partial charge >= 0.3 is 18.0 Å². The summed E-state index contributed by atoms with van der Waals surface area (Å²) in [4.78, 5) is 16.1. The SMILES string of the molecule is CC(C)(n1c(NC(=O)CC2CC(F)(F)C2(F)F)nc2ccc(C#N)cc21)C(F)(F)F. The molecule has 30 heavy (non-hydrogen) atoms. The third-order valence-corrected chi connectivity index (χ3v) is 5.22. The first-order chi connectivity index (χ1) is 13.6. The highest BCUT2D eigenvalue weighted by molar-refractivity contribution is 5.92. The van der Waals surface area contributed by atoms with Crippen molar-refractivity contribution in [3.8, 4) is 6.07 Å². The highest BCUT2D eigenvalue weighted by atomic mass is 19.4. The molecule has 0 radical (unpaired) electrons. The molecule has 1 aliphatic rings. The number of halogens is 7. The fraction of sp³-hybridized carbons (Fsp3) is 0.500. The van der Waals surface area contributed by atoms with E-state index >= 15 is 0 Å². The molecule has 1 N–H and O–H groups in total. The molecule has 0 aliphatic heterocycles. The van der Waals surface area contributed by atoms with Crippen molar-refractivity contribution >= 4 is 22.9 Å². The Kier molecular flexibility index (Phi) is 4.80. The van der Waals surface area contributed by atoms with E-state index < -0.39 is 54.2 Å². The molecule has 1 saturated carbocycles. The van der Waals surface area contributed by atoms with E-state index in [2.05, 4.69) is 4.98 Å². The molecule has 0 spiro atoms. The van der Waals surface area contributed by atoms with Gasteiger partial charge in [-0.25, -0.2) is 4.98 Å². The third-order valence-electron chi connectivity index (χ3n) is 5.22. The number of fused-ring (bicyclic) bond motifs is 1. The number of benzene rings is 1. The molecule has 1 fully saturated rings. The van der Waals surface area contributed by atoms with Gasteiger partial charge in [0, 0.05) is 18.8 Å². The highest BCUT2D eigenvalue weighted by Gasteiger charge is 2.71. The van der Waals surface area contributed by atoms with Crippen LogP contribution in [0.3, 0.4) is 0 Å². The van der Waals surface area contributed by atoms with E-state index in [0.29, 0.717) is 4.57 Å². The normalized spacial score (nSPS) is 20.5. The quantitative estimate of drug-likeness (QED) is 0.699. The number of alkyl halides is 7. The third kappa shape index (κ3) is 3.26. The fourth-order valence-corrected chi connectivity index (χ4v) is 3.26. The first-order valence-corrected chi connectivity index (χ1v) is 8.67. The molecule has 3 rings (SSSR count). The van der Waals surface area contributed by atoms with Gasteiger partial charge < -0.3 is 0 Å². The van der Waals surface area contributed by atoms with Gasteiger partial charge in [0.25, 0.3) is 0 Å². The lowest BCUT2D eigenvalue weighted by atomic mass is 9.74. The van der Waals surface area contributed by atoms with E-state index in [0.717, 1.165) is 19.9 Å². The summed E-state index contributed by atoms with van der Waals surface area (Å²) < 4.78 is 94.4. The molecule has 1 aromatic heterocycles. The standard InChI is InChI=1S/C18H15F7N4O/c1-15(2,18(23,24)25)29-12-5-9(8-26)3-4-11(12)27-14(29)28-13(30)6-10-7-16(19,20)17(10,21)22/h3-5,10H,6-7H2,1-2H3,(H,27,28,30). The molecular weight excluding hydrogens is 421 g/mol. The van der Waals surface area contributed by atoms with Crippen LogP contribution in [0.5, 0.6) is 0 Å². The Morgan fingerprint density at radius 3 is 2.43 bits per heavy atom. The average Bonchev–Trinajstić information content (AvgIpc) is 2.97. The smallest absolute Gasteiger partial charge is 0.296 e. The van der Waals surface area contributed by atoms with Crippen molar-refractivity contribution in [3.05, 3.63) is 23.8 Å². The summed E-state index contributed by atoms with van der Waals surface area (Å²) in [5.74, 6) is -12.3. The Bertz CT molecular complexity index is 1050. The van der Waals surface area contributed by atoms with E-state index in [4.69, 9.17) is 5.26 Å². The number of carbonyl (C=O) groups is 1. The zero-order valence-electron chi connectivity index (χ0n) is 15.6. The molecule has 1 amide bonds. The number of hydrogen-bond acceptors (Lipinski definition) is 3. The average molecular weight is 436 g/mol. The van der Waals surface area contributed by atoms with Crippen molar-refractivity contribution in [3.63, 3.8) is 0 Å². The van der Waals surface area contributed by atoms with Crippen molar-refractivity contribution in [2.45, 2.75) is 50.2 Å². The molecule has 2 aromatic rings. The summed E-state index contributed by atoms with van der Waals surface area (Å²) in [6.07, 6.45) is -7.03. The Morgan fingerprint density at radius 2 is 1.93 bits per heavy atom. The van der Waals surface area contributed by atoms with Crippen LogP contribution in [0, 0.1) is 17.2 Å². The lowest BCUT2D eigenvalue weighted by Crippen LogP contribution is -2.59. The number of anilines is 1. The second-order valence-electron chi connectivity index (χ2n) is 7.62. The van der Waals surface area contributed by atoms with Crippen molar-refractivity contribution in [1.29, 1.82) is 5.26 Å². The second kappa shape index (κ2) is 6.58. The van der Waals surface area contributed by atoms with Crippen LogP contribution in [-0.4, -0.2) is 33.5 Å². The number of aromatic nitrogens is 2. The van der Waals surface area contributed by atoms with Gasteiger partial charge in [-0.05, 0) is 32.0 Å². The van der Waals surface area contributed by atoms with E-state index in [1.807, 2.05) is 5.32 Å². The fourth-order valence-electron chi connectivity index (χ4n) is 3.26. The number of nitrogens with one attached hydrogen (secondary N) is 1. The van der Waals surface area contributed by atoms with Gasteiger partial charge in [0.1, 0.15) is 5.54 Å². The van der Waals surface area contributed by atoms with E-state index in [1.165, 1.54) is 12.1 Å². The molecule has 0 saturated heterocycles. The monoisotopic (exact) mass is 436 g/mol. The lowest BCUT2D eigenvalue weighted by molar-refractivity contribution is -0.313. The number of nitriles is 1. The largest absolute Gasteiger partial charge is 0.411 e. The Morgan fingerprint density at radius 1 is 1.30 bits per heavy atom. The number of amides is 1. The summed E-state index contributed by atoms with van der Waals surface area (Å²) in [7, 11) is 0. The summed E-state index contributed by atoms with van der Waals surface area (Å²) in [6.45, 7) is 1.62. The molecule has 1 unspecified atom stereocenters. The van der Waals surface area contributed by atoms with Crippen molar-refractivity contribution in [2.75, 3.05) is 5.32 Å². The summed E-state index contributed by atoms with van der Waals surface area (Å²) in [5, 5.41) is 11.1. The summed E-state index contributed by atoms with van der Waals surface area (Å²) >= 11 is 0. The van der Waals surface area contributed by atoms with Gasteiger partial charge in [-0.2, -0.15) is 36.0 Å². The van der Waals surface area contributed by atoms with Crippen LogP contribution >= 0.6 is 0 Å². The highest BCUT2D eigenvalue weighted by Crippen LogP contribution is 2.56. The second-order valence-corrected chi connectivity index (χ2v) is 7.62. The van der Waals surface area contributed by atoms with E-state index in [9.17, 15) is 35.5 Å². The Labute approximate surface area is 165 Å². The summed E-state index contributed by atoms with van der Waals surface area (Å²) in [6, 6.07) is 5.50. The maximum Gasteiger partial charge on any atom is 0.411 e. The topological polar surface area (TPSA) is 70.7 Å². The number of nitrogens with zero attached hydrogens (tertiary/aromatic N) is 3. The van der Waals surface area contributed by atoms with E-state index in [1.54, 1.807) is 6.07 Å². The minimum Gasteiger partial charge on any atom is -0.296 e. The van der Waals surface area contributed by atoms with Crippen LogP contribution in [-0.2, 0) is 10.3 Å². The van der Waals surface area contributed by atoms with Crippen molar-refractivity contribution in [2.24, 2.45) is 5.92 Å². The van der Waals surface area contributed by atoms with E-state index in [-0.39, 0.29) is 16.6 Å². The number of carbonyl (C=O) groups excluding carboxylic acids is 1. The predicted octanol–water partition coefficient (Wildman–Crippen LogP) is 4.82. The van der Waals surface area contributed by atoms with Crippen molar-refractivity contribution < 1.29 is 35.5 Å². The summed E-state index contributed by atoms with van der Waals surface area (Å²) in [5.41, 5.74) is -2.67. The molecule has 162 valence electrons. The van der Waals surface area contributed by atoms with Gasteiger partial charge in [0.2, 0.25) is 11.9 Å². The van der Waals surface area contributed by atoms with Gasteiger partial charge in [-0.15, -0.1) is 0 Å². The van der Waals surface area contributed by atoms with Gasteiger partial charge in [0.15, 0.2) is 0 Å². The number of hydrogen-bond donors (Lipinski definition) is 1. The minimum absolute atomic E-state index is 0.0159. The van der Waals surface area contributed by atoms with Gasteiger partial charge in [-0.1, -0.05) is 0 Å². The molecule has 1 heterocycles. The molecule has 12 heteroatoms. The zero-order valence-corrected chi connectivity index (χ0v) is 15.6. The lowest BCUT2D eigenvalue weighted by Gasteiger charge is -2.43. The van der Waals surface area contributed by atoms with Crippen LogP contribution in [0.1, 0.15) is 32.3 Å². The van der Waals surface area contributed by atoms with Gasteiger partial charge in [-0.3, -0.25) is 14.7 Å². The Hall–Kier alpha value is -2.84. The van der Waals surface area contributed by atoms with Crippen LogP contribution in [0.25, 0.3) is 11.0 Å². The van der Waals surface area contributed by atoms with Gasteiger partial charge in [0.05, 0.1) is 22.7 Å². The Balaban J connectivity index is 1.99. The molecule has 0 bridgehead atoms. The first-order valence-electron chi connectivity index (χ1n) is 8.67. The first kappa shape index (κ1) is 21.9.